The summed E-state index contributed by atoms with van der Waals surface area (Å²) in [6.45, 7) is 11.2. The second-order valence-electron chi connectivity index (χ2n) is 19.0. The number of rotatable bonds is 26. The number of esters is 2. The number of amides is 1. The maximum atomic E-state index is 14.3. The molecule has 0 aliphatic carbocycles. The Morgan fingerprint density at radius 2 is 1.33 bits per heavy atom. The summed E-state index contributed by atoms with van der Waals surface area (Å²) in [6, 6.07) is 40.0. The zero-order valence-electron chi connectivity index (χ0n) is 41.7. The van der Waals surface area contributed by atoms with E-state index in [1.165, 1.54) is 39.3 Å². The van der Waals surface area contributed by atoms with E-state index in [0.717, 1.165) is 23.2 Å². The molecule has 382 valence electrons. The third-order valence-electron chi connectivity index (χ3n) is 12.0. The van der Waals surface area contributed by atoms with Crippen molar-refractivity contribution in [2.24, 2.45) is 0 Å². The van der Waals surface area contributed by atoms with Gasteiger partial charge in [-0.2, -0.15) is 0 Å². The lowest BCUT2D eigenvalue weighted by molar-refractivity contribution is -0.145. The molecule has 6 aromatic rings. The monoisotopic (exact) mass is 1020 g/mol. The van der Waals surface area contributed by atoms with Gasteiger partial charge in [-0.3, -0.25) is 9.59 Å². The number of aliphatic hydroxyl groups excluding tert-OH is 3. The summed E-state index contributed by atoms with van der Waals surface area (Å²) in [7, 11) is 2.93. The molecule has 0 aliphatic rings. The third-order valence-corrected chi connectivity index (χ3v) is 14.3. The van der Waals surface area contributed by atoms with Crippen LogP contribution in [-0.4, -0.2) is 87.4 Å². The normalized spacial score (nSPS) is 12.8. The molecule has 4 N–H and O–H groups in total. The number of nitrogens with one attached hydrogen (secondary N) is 1. The number of halogens is 1. The number of hydrogen-bond donors (Lipinski definition) is 4. The summed E-state index contributed by atoms with van der Waals surface area (Å²) in [5, 5.41) is 35.6. The van der Waals surface area contributed by atoms with Crippen molar-refractivity contribution < 1.29 is 48.3 Å². The van der Waals surface area contributed by atoms with Crippen LogP contribution in [0.15, 0.2) is 133 Å². The molecule has 0 radical (unpaired) electrons. The first-order chi connectivity index (χ1) is 34.6. The fourth-order valence-electron chi connectivity index (χ4n) is 8.28. The SMILES string of the molecule is CC(C)c1c(C(=O)Nc2ccccc2)c(-c2ccccc2)c(-c2ccc(F)cc2)n1CC[C@@H](O)C[C@@H](O)CC(=O)OCCSSCCOC(=O)c1ccc(OCC(O)CCc2ccc(C(C)(C)C)cc2)cc1. The van der Waals surface area contributed by atoms with E-state index in [1.807, 2.05) is 79.1 Å². The number of carbonyl (C=O) groups excluding carboxylic acids is 3. The van der Waals surface area contributed by atoms with Crippen LogP contribution in [0.4, 0.5) is 10.1 Å². The van der Waals surface area contributed by atoms with Crippen molar-refractivity contribution in [3.05, 3.63) is 167 Å². The molecule has 0 saturated carbocycles. The zero-order chi connectivity index (χ0) is 51.6. The largest absolute Gasteiger partial charge is 0.491 e. The maximum Gasteiger partial charge on any atom is 0.338 e. The summed E-state index contributed by atoms with van der Waals surface area (Å²) in [6.07, 6.45) is -1.67. The van der Waals surface area contributed by atoms with Gasteiger partial charge in [0.1, 0.15) is 31.4 Å². The van der Waals surface area contributed by atoms with Gasteiger partial charge >= 0.3 is 11.9 Å². The lowest BCUT2D eigenvalue weighted by Crippen LogP contribution is -2.24. The molecule has 0 bridgehead atoms. The number of para-hydroxylation sites is 1. The van der Waals surface area contributed by atoms with Gasteiger partial charge in [0.25, 0.3) is 5.91 Å². The molecular formula is C58H67FN2O9S2. The van der Waals surface area contributed by atoms with Gasteiger partial charge < -0.3 is 39.4 Å². The average molecular weight is 1020 g/mol. The fraction of sp³-hybridized carbons (Fsp3) is 0.362. The van der Waals surface area contributed by atoms with E-state index < -0.39 is 36.1 Å². The number of benzene rings is 5. The van der Waals surface area contributed by atoms with Gasteiger partial charge in [0.2, 0.25) is 0 Å². The highest BCUT2D eigenvalue weighted by Crippen LogP contribution is 2.43. The number of aromatic nitrogens is 1. The van der Waals surface area contributed by atoms with Crippen LogP contribution < -0.4 is 10.1 Å². The molecule has 14 heteroatoms. The molecule has 1 amide bonds. The van der Waals surface area contributed by atoms with E-state index in [9.17, 15) is 34.1 Å². The Morgan fingerprint density at radius 1 is 0.708 bits per heavy atom. The summed E-state index contributed by atoms with van der Waals surface area (Å²) in [4.78, 5) is 39.6. The lowest BCUT2D eigenvalue weighted by atomic mass is 9.86. The minimum Gasteiger partial charge on any atom is -0.491 e. The van der Waals surface area contributed by atoms with Crippen LogP contribution in [0.1, 0.15) is 104 Å². The van der Waals surface area contributed by atoms with E-state index in [2.05, 4.69) is 50.4 Å². The van der Waals surface area contributed by atoms with Crippen molar-refractivity contribution >= 4 is 45.1 Å². The van der Waals surface area contributed by atoms with E-state index in [-0.39, 0.29) is 62.9 Å². The van der Waals surface area contributed by atoms with E-state index >= 15 is 0 Å². The molecule has 1 aromatic heterocycles. The van der Waals surface area contributed by atoms with Crippen LogP contribution in [0.25, 0.3) is 22.4 Å². The number of ether oxygens (including phenoxy) is 3. The molecule has 11 nitrogen and oxygen atoms in total. The van der Waals surface area contributed by atoms with Gasteiger partial charge in [-0.25, -0.2) is 9.18 Å². The standard InChI is InChI=1S/C58H67FN2O9S2/c1-39(2)54-53(56(66)60-46-14-10-7-11-15-46)52(41-12-8-6-9-13-41)55(42-19-25-45(59)26-20-42)61(54)31-30-47(62)36-49(64)37-51(65)68-32-34-71-72-35-33-69-57(67)43-21-28-50(29-22-43)70-38-48(63)27-18-40-16-23-44(24-17-40)58(3,4)5/h6-17,19-26,28-29,39,47-49,62-64H,18,27,30-38H2,1-5H3,(H,60,66)/t47-,48?,49-/m1/s1. The predicted octanol–water partition coefficient (Wildman–Crippen LogP) is 11.7. The van der Waals surface area contributed by atoms with Crippen LogP contribution in [0.3, 0.4) is 0 Å². The molecule has 3 atom stereocenters. The number of aryl methyl sites for hydroxylation is 1. The number of nitrogens with zero attached hydrogens (tertiary/aromatic N) is 1. The van der Waals surface area contributed by atoms with Gasteiger partial charge in [-0.15, -0.1) is 0 Å². The van der Waals surface area contributed by atoms with Crippen molar-refractivity contribution in [2.45, 2.75) is 103 Å². The Labute approximate surface area is 430 Å². The Balaban J connectivity index is 0.910. The van der Waals surface area contributed by atoms with Gasteiger partial charge in [0.15, 0.2) is 0 Å². The van der Waals surface area contributed by atoms with E-state index in [4.69, 9.17) is 14.2 Å². The van der Waals surface area contributed by atoms with Crippen molar-refractivity contribution in [3.8, 4) is 28.1 Å². The predicted molar refractivity (Wildman–Crippen MR) is 287 cm³/mol. The van der Waals surface area contributed by atoms with Crippen LogP contribution in [0.5, 0.6) is 5.75 Å². The number of anilines is 1. The summed E-state index contributed by atoms with van der Waals surface area (Å²) >= 11 is 0. The highest BCUT2D eigenvalue weighted by atomic mass is 33.1. The van der Waals surface area contributed by atoms with Gasteiger partial charge in [0.05, 0.1) is 41.6 Å². The highest BCUT2D eigenvalue weighted by Gasteiger charge is 2.31. The molecule has 0 saturated heterocycles. The first-order valence-corrected chi connectivity index (χ1v) is 26.9. The van der Waals surface area contributed by atoms with Crippen molar-refractivity contribution in [1.82, 2.24) is 4.57 Å². The van der Waals surface area contributed by atoms with Crippen molar-refractivity contribution in [3.63, 3.8) is 0 Å². The second-order valence-corrected chi connectivity index (χ2v) is 21.7. The molecule has 6 rings (SSSR count). The third kappa shape index (κ3) is 16.6. The molecule has 1 heterocycles. The molecule has 0 spiro atoms. The summed E-state index contributed by atoms with van der Waals surface area (Å²) in [5.41, 5.74) is 7.62. The Morgan fingerprint density at radius 3 is 1.96 bits per heavy atom. The minimum absolute atomic E-state index is 0.0774. The van der Waals surface area contributed by atoms with Crippen molar-refractivity contribution in [1.29, 1.82) is 0 Å². The molecule has 1 unspecified atom stereocenters. The quantitative estimate of drug-likeness (QED) is 0.0233. The van der Waals surface area contributed by atoms with Crippen molar-refractivity contribution in [2.75, 3.05) is 36.6 Å². The zero-order valence-corrected chi connectivity index (χ0v) is 43.4. The molecular weight excluding hydrogens is 952 g/mol. The van der Waals surface area contributed by atoms with Gasteiger partial charge in [-0.05, 0) is 120 Å². The Bertz CT molecular complexity index is 2640. The van der Waals surface area contributed by atoms with Gasteiger partial charge in [0, 0.05) is 35.0 Å². The molecule has 0 fully saturated rings. The number of carbonyl (C=O) groups is 3. The lowest BCUT2D eigenvalue weighted by Gasteiger charge is -2.20. The van der Waals surface area contributed by atoms with Gasteiger partial charge in [-0.1, -0.05) is 129 Å². The first-order valence-electron chi connectivity index (χ1n) is 24.4. The smallest absolute Gasteiger partial charge is 0.338 e. The van der Waals surface area contributed by atoms with E-state index in [0.29, 0.717) is 57.3 Å². The molecule has 5 aromatic carbocycles. The van der Waals surface area contributed by atoms with Crippen LogP contribution in [0, 0.1) is 5.82 Å². The molecule has 72 heavy (non-hydrogen) atoms. The van der Waals surface area contributed by atoms with Crippen LogP contribution in [-0.2, 0) is 32.6 Å². The summed E-state index contributed by atoms with van der Waals surface area (Å²) < 4.78 is 32.8. The maximum absolute atomic E-state index is 14.3. The summed E-state index contributed by atoms with van der Waals surface area (Å²) in [5.74, 6) is -0.358. The number of hydrogen-bond acceptors (Lipinski definition) is 11. The van der Waals surface area contributed by atoms with Crippen LogP contribution in [0.2, 0.25) is 0 Å². The minimum atomic E-state index is -1.16. The molecule has 0 aliphatic heterocycles. The highest BCUT2D eigenvalue weighted by molar-refractivity contribution is 8.76. The Kier molecular flexibility index (Phi) is 21.0. The number of aliphatic hydroxyl groups is 3. The van der Waals surface area contributed by atoms with Crippen LogP contribution >= 0.6 is 21.6 Å². The average Bonchev–Trinajstić information content (AvgIpc) is 3.71. The first kappa shape index (κ1) is 55.4. The van der Waals surface area contributed by atoms with E-state index in [1.54, 1.807) is 36.4 Å². The Hall–Kier alpha value is -5.90. The fourth-order valence-corrected chi connectivity index (χ4v) is 9.93. The second kappa shape index (κ2) is 27.2. The topological polar surface area (TPSA) is 157 Å².